The van der Waals surface area contributed by atoms with Crippen molar-refractivity contribution in [1.29, 1.82) is 0 Å². The quantitative estimate of drug-likeness (QED) is 0.749. The van der Waals surface area contributed by atoms with Crippen molar-refractivity contribution in [2.75, 3.05) is 0 Å². The van der Waals surface area contributed by atoms with Crippen LogP contribution in [-0.2, 0) is 6.42 Å². The van der Waals surface area contributed by atoms with Crippen LogP contribution in [0.2, 0.25) is 0 Å². The predicted octanol–water partition coefficient (Wildman–Crippen LogP) is 4.87. The first kappa shape index (κ1) is 11.4. The first-order valence-corrected chi connectivity index (χ1v) is 6.35. The average molecular weight is 274 g/mol. The van der Waals surface area contributed by atoms with E-state index in [0.29, 0.717) is 0 Å². The van der Waals surface area contributed by atoms with Gasteiger partial charge in [-0.2, -0.15) is 0 Å². The molecule has 2 rings (SSSR count). The summed E-state index contributed by atoms with van der Waals surface area (Å²) < 4.78 is 1.11. The van der Waals surface area contributed by atoms with Crippen LogP contribution in [0.3, 0.4) is 0 Å². The van der Waals surface area contributed by atoms with Crippen LogP contribution in [0.5, 0.6) is 0 Å². The highest BCUT2D eigenvalue weighted by Crippen LogP contribution is 2.22. The highest BCUT2D eigenvalue weighted by Gasteiger charge is 1.98. The Morgan fingerprint density at radius 1 is 1.00 bits per heavy atom. The Hall–Kier alpha value is -1.08. The number of halogens is 1. The van der Waals surface area contributed by atoms with Gasteiger partial charge >= 0.3 is 0 Å². The number of hydrogen-bond acceptors (Lipinski definition) is 0. The van der Waals surface area contributed by atoms with Gasteiger partial charge in [-0.15, -0.1) is 0 Å². The van der Waals surface area contributed by atoms with E-state index < -0.39 is 0 Å². The molecule has 0 heterocycles. The SMILES string of the molecule is CCCc1[c]cc(-c2ccc(Br)cc2)cc1. The molecule has 0 aromatic heterocycles. The minimum atomic E-state index is 1.11. The minimum Gasteiger partial charge on any atom is -0.0651 e. The molecule has 0 amide bonds. The van der Waals surface area contributed by atoms with E-state index >= 15 is 0 Å². The molecule has 81 valence electrons. The van der Waals surface area contributed by atoms with Crippen molar-refractivity contribution < 1.29 is 0 Å². The second kappa shape index (κ2) is 5.31. The summed E-state index contributed by atoms with van der Waals surface area (Å²) in [5.74, 6) is 0. The summed E-state index contributed by atoms with van der Waals surface area (Å²) in [6.07, 6.45) is 2.29. The lowest BCUT2D eigenvalue weighted by Gasteiger charge is -2.03. The molecule has 0 aliphatic heterocycles. The molecule has 0 aliphatic carbocycles. The summed E-state index contributed by atoms with van der Waals surface area (Å²) in [7, 11) is 0. The van der Waals surface area contributed by atoms with Crippen molar-refractivity contribution >= 4 is 15.9 Å². The number of hydrogen-bond donors (Lipinski definition) is 0. The molecule has 2 aromatic rings. The van der Waals surface area contributed by atoms with Crippen molar-refractivity contribution in [3.05, 3.63) is 58.6 Å². The molecule has 0 spiro atoms. The average Bonchev–Trinajstić information content (AvgIpc) is 2.32. The summed E-state index contributed by atoms with van der Waals surface area (Å²) in [5, 5.41) is 0. The van der Waals surface area contributed by atoms with Crippen molar-refractivity contribution in [3.63, 3.8) is 0 Å². The van der Waals surface area contributed by atoms with Crippen molar-refractivity contribution in [2.45, 2.75) is 19.8 Å². The van der Waals surface area contributed by atoms with Gasteiger partial charge in [0, 0.05) is 4.47 Å². The minimum absolute atomic E-state index is 1.11. The fraction of sp³-hybridized carbons (Fsp3) is 0.200. The fourth-order valence-corrected chi connectivity index (χ4v) is 1.97. The van der Waals surface area contributed by atoms with Gasteiger partial charge in [0.25, 0.3) is 0 Å². The van der Waals surface area contributed by atoms with Gasteiger partial charge in [-0.3, -0.25) is 0 Å². The molecular weight excluding hydrogens is 260 g/mol. The zero-order valence-electron chi connectivity index (χ0n) is 9.33. The van der Waals surface area contributed by atoms with Gasteiger partial charge in [-0.05, 0) is 47.4 Å². The van der Waals surface area contributed by atoms with Crippen molar-refractivity contribution in [1.82, 2.24) is 0 Å². The molecule has 0 bridgehead atoms. The number of rotatable bonds is 3. The van der Waals surface area contributed by atoms with Crippen LogP contribution in [0.4, 0.5) is 0 Å². The number of benzene rings is 2. The van der Waals surface area contributed by atoms with E-state index in [1.807, 2.05) is 0 Å². The third-order valence-electron chi connectivity index (χ3n) is 2.57. The summed E-state index contributed by atoms with van der Waals surface area (Å²) in [4.78, 5) is 0. The zero-order valence-corrected chi connectivity index (χ0v) is 10.9. The summed E-state index contributed by atoms with van der Waals surface area (Å²) >= 11 is 3.44. The van der Waals surface area contributed by atoms with Crippen LogP contribution in [0.1, 0.15) is 18.9 Å². The molecule has 0 aliphatic rings. The predicted molar refractivity (Wildman–Crippen MR) is 72.4 cm³/mol. The second-order valence-corrected chi connectivity index (χ2v) is 4.78. The van der Waals surface area contributed by atoms with Crippen LogP contribution >= 0.6 is 15.9 Å². The molecule has 2 aromatic carbocycles. The first-order valence-electron chi connectivity index (χ1n) is 5.56. The summed E-state index contributed by atoms with van der Waals surface area (Å²) in [5.41, 5.74) is 3.76. The standard InChI is InChI=1S/C15H14Br/c1-2-3-12-4-6-13(7-5-12)14-8-10-15(16)11-9-14/h4,6-11H,2-3H2,1H3. The highest BCUT2D eigenvalue weighted by atomic mass is 79.9. The van der Waals surface area contributed by atoms with Gasteiger partial charge in [0.2, 0.25) is 0 Å². The van der Waals surface area contributed by atoms with Crippen LogP contribution in [-0.4, -0.2) is 0 Å². The van der Waals surface area contributed by atoms with E-state index in [1.54, 1.807) is 0 Å². The van der Waals surface area contributed by atoms with Crippen LogP contribution < -0.4 is 0 Å². The van der Waals surface area contributed by atoms with E-state index in [2.05, 4.69) is 71.4 Å². The molecule has 16 heavy (non-hydrogen) atoms. The Morgan fingerprint density at radius 2 is 1.69 bits per heavy atom. The smallest absolute Gasteiger partial charge is 0.0175 e. The lowest BCUT2D eigenvalue weighted by molar-refractivity contribution is 0.920. The van der Waals surface area contributed by atoms with Crippen LogP contribution in [0.25, 0.3) is 11.1 Å². The molecule has 1 radical (unpaired) electrons. The maximum atomic E-state index is 3.44. The maximum Gasteiger partial charge on any atom is 0.0175 e. The van der Waals surface area contributed by atoms with Gasteiger partial charge in [0.15, 0.2) is 0 Å². The third kappa shape index (κ3) is 2.73. The Bertz CT molecular complexity index is 440. The van der Waals surface area contributed by atoms with Gasteiger partial charge in [0.1, 0.15) is 0 Å². The van der Waals surface area contributed by atoms with Gasteiger partial charge in [-0.25, -0.2) is 0 Å². The lowest BCUT2D eigenvalue weighted by atomic mass is 10.0. The van der Waals surface area contributed by atoms with E-state index in [-0.39, 0.29) is 0 Å². The Balaban J connectivity index is 2.24. The number of aryl methyl sites for hydroxylation is 1. The topological polar surface area (TPSA) is 0 Å². The largest absolute Gasteiger partial charge is 0.0651 e. The van der Waals surface area contributed by atoms with Gasteiger partial charge in [0.05, 0.1) is 0 Å². The molecule has 1 heteroatoms. The Morgan fingerprint density at radius 3 is 2.25 bits per heavy atom. The van der Waals surface area contributed by atoms with E-state index in [4.69, 9.17) is 0 Å². The zero-order chi connectivity index (χ0) is 11.4. The molecule has 0 fully saturated rings. The molecule has 0 saturated carbocycles. The monoisotopic (exact) mass is 273 g/mol. The van der Waals surface area contributed by atoms with Crippen molar-refractivity contribution in [2.24, 2.45) is 0 Å². The van der Waals surface area contributed by atoms with Gasteiger partial charge < -0.3 is 0 Å². The van der Waals surface area contributed by atoms with E-state index in [1.165, 1.54) is 23.1 Å². The van der Waals surface area contributed by atoms with Crippen molar-refractivity contribution in [3.8, 4) is 11.1 Å². The molecule has 0 saturated heterocycles. The molecule has 0 N–H and O–H groups in total. The van der Waals surface area contributed by atoms with Crippen LogP contribution in [0, 0.1) is 6.07 Å². The third-order valence-corrected chi connectivity index (χ3v) is 3.10. The fourth-order valence-electron chi connectivity index (χ4n) is 1.70. The second-order valence-electron chi connectivity index (χ2n) is 3.86. The molecule has 0 atom stereocenters. The Kier molecular flexibility index (Phi) is 3.79. The lowest BCUT2D eigenvalue weighted by Crippen LogP contribution is -1.84. The van der Waals surface area contributed by atoms with Crippen LogP contribution in [0.15, 0.2) is 46.9 Å². The molecular formula is C15H14Br. The van der Waals surface area contributed by atoms with E-state index in [9.17, 15) is 0 Å². The highest BCUT2D eigenvalue weighted by molar-refractivity contribution is 9.10. The van der Waals surface area contributed by atoms with E-state index in [0.717, 1.165) is 10.9 Å². The molecule has 0 nitrogen and oxygen atoms in total. The Labute approximate surface area is 105 Å². The first-order chi connectivity index (χ1) is 7.79. The maximum absolute atomic E-state index is 3.44. The van der Waals surface area contributed by atoms with Gasteiger partial charge in [-0.1, -0.05) is 53.5 Å². The summed E-state index contributed by atoms with van der Waals surface area (Å²) in [6.45, 7) is 2.19. The molecule has 0 unspecified atom stereocenters. The summed E-state index contributed by atoms with van der Waals surface area (Å²) in [6, 6.07) is 18.1. The normalized spacial score (nSPS) is 10.4.